The first-order valence-corrected chi connectivity index (χ1v) is 5.89. The van der Waals surface area contributed by atoms with E-state index in [2.05, 4.69) is 15.5 Å². The topological polar surface area (TPSA) is 80.9 Å². The summed E-state index contributed by atoms with van der Waals surface area (Å²) in [7, 11) is 0. The number of anilines is 1. The Morgan fingerprint density at radius 1 is 1.35 bits per heavy atom. The summed E-state index contributed by atoms with van der Waals surface area (Å²) in [4.78, 5) is 11.8. The standard InChI is InChI=1S/C11H12N4OS/c1-7-2-4-8(5-3-7)10(16)13-6-9-14-15-11(12)17-9/h2-5H,6H2,1H3,(H2,12,15)(H,13,16). The Bertz CT molecular complexity index is 521. The van der Waals surface area contributed by atoms with E-state index in [1.165, 1.54) is 11.3 Å². The summed E-state index contributed by atoms with van der Waals surface area (Å²) in [5.74, 6) is -0.126. The monoisotopic (exact) mass is 248 g/mol. The molecule has 17 heavy (non-hydrogen) atoms. The number of nitrogens with one attached hydrogen (secondary N) is 1. The summed E-state index contributed by atoms with van der Waals surface area (Å²) < 4.78 is 0. The van der Waals surface area contributed by atoms with Crippen molar-refractivity contribution in [2.24, 2.45) is 0 Å². The van der Waals surface area contributed by atoms with Gasteiger partial charge in [-0.15, -0.1) is 10.2 Å². The molecule has 0 aliphatic carbocycles. The van der Waals surface area contributed by atoms with Gasteiger partial charge in [-0.2, -0.15) is 0 Å². The average molecular weight is 248 g/mol. The van der Waals surface area contributed by atoms with Crippen molar-refractivity contribution in [1.82, 2.24) is 15.5 Å². The SMILES string of the molecule is Cc1ccc(C(=O)NCc2nnc(N)s2)cc1. The zero-order valence-electron chi connectivity index (χ0n) is 9.30. The van der Waals surface area contributed by atoms with Crippen LogP contribution in [0.25, 0.3) is 0 Å². The molecule has 6 heteroatoms. The van der Waals surface area contributed by atoms with Gasteiger partial charge < -0.3 is 11.1 Å². The summed E-state index contributed by atoms with van der Waals surface area (Å²) in [6.07, 6.45) is 0. The molecule has 1 aromatic carbocycles. The van der Waals surface area contributed by atoms with Gasteiger partial charge in [0.1, 0.15) is 5.01 Å². The van der Waals surface area contributed by atoms with Crippen LogP contribution in [0.3, 0.4) is 0 Å². The molecule has 0 bridgehead atoms. The Labute approximate surface area is 103 Å². The van der Waals surface area contributed by atoms with Crippen molar-refractivity contribution in [2.75, 3.05) is 5.73 Å². The molecule has 0 unspecified atom stereocenters. The first-order valence-electron chi connectivity index (χ1n) is 5.08. The predicted octanol–water partition coefficient (Wildman–Crippen LogP) is 1.36. The fraction of sp³-hybridized carbons (Fsp3) is 0.182. The van der Waals surface area contributed by atoms with Crippen LogP contribution < -0.4 is 11.1 Å². The Balaban J connectivity index is 1.95. The van der Waals surface area contributed by atoms with Gasteiger partial charge in [-0.3, -0.25) is 4.79 Å². The van der Waals surface area contributed by atoms with Crippen LogP contribution in [0.5, 0.6) is 0 Å². The van der Waals surface area contributed by atoms with Crippen molar-refractivity contribution in [3.63, 3.8) is 0 Å². The van der Waals surface area contributed by atoms with Gasteiger partial charge in [0.05, 0.1) is 6.54 Å². The highest BCUT2D eigenvalue weighted by molar-refractivity contribution is 7.15. The van der Waals surface area contributed by atoms with E-state index in [-0.39, 0.29) is 5.91 Å². The largest absolute Gasteiger partial charge is 0.374 e. The number of nitrogens with zero attached hydrogens (tertiary/aromatic N) is 2. The van der Waals surface area contributed by atoms with Gasteiger partial charge in [0.15, 0.2) is 0 Å². The molecule has 88 valence electrons. The van der Waals surface area contributed by atoms with E-state index in [0.717, 1.165) is 5.56 Å². The van der Waals surface area contributed by atoms with E-state index in [1.807, 2.05) is 19.1 Å². The van der Waals surface area contributed by atoms with Crippen LogP contribution in [0, 0.1) is 6.92 Å². The second kappa shape index (κ2) is 4.92. The number of nitrogen functional groups attached to an aromatic ring is 1. The molecule has 0 aliphatic heterocycles. The molecular weight excluding hydrogens is 236 g/mol. The van der Waals surface area contributed by atoms with Gasteiger partial charge >= 0.3 is 0 Å². The summed E-state index contributed by atoms with van der Waals surface area (Å²) in [6, 6.07) is 7.38. The average Bonchev–Trinajstić information content (AvgIpc) is 2.73. The van der Waals surface area contributed by atoms with Crippen molar-refractivity contribution in [1.29, 1.82) is 0 Å². The highest BCUT2D eigenvalue weighted by Crippen LogP contribution is 2.10. The van der Waals surface area contributed by atoms with Crippen LogP contribution in [0.4, 0.5) is 5.13 Å². The summed E-state index contributed by atoms with van der Waals surface area (Å²) in [5.41, 5.74) is 7.20. The lowest BCUT2D eigenvalue weighted by Crippen LogP contribution is -2.22. The second-order valence-electron chi connectivity index (χ2n) is 3.58. The van der Waals surface area contributed by atoms with Gasteiger partial charge in [0.2, 0.25) is 5.13 Å². The summed E-state index contributed by atoms with van der Waals surface area (Å²) in [5, 5.41) is 11.4. The van der Waals surface area contributed by atoms with Gasteiger partial charge in [0, 0.05) is 5.56 Å². The third-order valence-corrected chi connectivity index (χ3v) is 2.95. The number of aromatic nitrogens is 2. The van der Waals surface area contributed by atoms with Crippen LogP contribution in [0.15, 0.2) is 24.3 Å². The maximum absolute atomic E-state index is 11.8. The van der Waals surface area contributed by atoms with Gasteiger partial charge in [-0.1, -0.05) is 29.0 Å². The molecule has 1 amide bonds. The number of carbonyl (C=O) groups is 1. The van der Waals surface area contributed by atoms with Gasteiger partial charge in [-0.05, 0) is 19.1 Å². The summed E-state index contributed by atoms with van der Waals surface area (Å²) in [6.45, 7) is 2.33. The maximum Gasteiger partial charge on any atom is 0.251 e. The van der Waals surface area contributed by atoms with E-state index >= 15 is 0 Å². The minimum Gasteiger partial charge on any atom is -0.374 e. The van der Waals surface area contributed by atoms with E-state index in [9.17, 15) is 4.79 Å². The number of hydrogen-bond acceptors (Lipinski definition) is 5. The zero-order valence-corrected chi connectivity index (χ0v) is 10.1. The fourth-order valence-corrected chi connectivity index (χ4v) is 1.85. The Morgan fingerprint density at radius 2 is 2.06 bits per heavy atom. The number of amides is 1. The van der Waals surface area contributed by atoms with Crippen molar-refractivity contribution in [3.05, 3.63) is 40.4 Å². The first-order chi connectivity index (χ1) is 8.15. The number of aryl methyl sites for hydroxylation is 1. The van der Waals surface area contributed by atoms with Crippen LogP contribution in [0.1, 0.15) is 20.9 Å². The van der Waals surface area contributed by atoms with E-state index < -0.39 is 0 Å². The quantitative estimate of drug-likeness (QED) is 0.859. The van der Waals surface area contributed by atoms with Crippen molar-refractivity contribution >= 4 is 22.4 Å². The molecule has 0 aliphatic rings. The van der Waals surface area contributed by atoms with Crippen molar-refractivity contribution in [2.45, 2.75) is 13.5 Å². The van der Waals surface area contributed by atoms with E-state index in [4.69, 9.17) is 5.73 Å². The minimum absolute atomic E-state index is 0.126. The maximum atomic E-state index is 11.8. The van der Waals surface area contributed by atoms with Gasteiger partial charge in [-0.25, -0.2) is 0 Å². The van der Waals surface area contributed by atoms with Crippen LogP contribution in [-0.4, -0.2) is 16.1 Å². The number of carbonyl (C=O) groups excluding carboxylic acids is 1. The molecular formula is C11H12N4OS. The third kappa shape index (κ3) is 3.01. The van der Waals surface area contributed by atoms with Crippen molar-refractivity contribution in [3.8, 4) is 0 Å². The molecule has 0 atom stereocenters. The molecule has 0 radical (unpaired) electrons. The van der Waals surface area contributed by atoms with E-state index in [1.54, 1.807) is 12.1 Å². The Kier molecular flexibility index (Phi) is 3.34. The molecule has 3 N–H and O–H groups in total. The van der Waals surface area contributed by atoms with E-state index in [0.29, 0.717) is 22.2 Å². The predicted molar refractivity (Wildman–Crippen MR) is 66.7 cm³/mol. The van der Waals surface area contributed by atoms with Crippen LogP contribution >= 0.6 is 11.3 Å². The van der Waals surface area contributed by atoms with Crippen molar-refractivity contribution < 1.29 is 4.79 Å². The highest BCUT2D eigenvalue weighted by atomic mass is 32.1. The number of nitrogens with two attached hydrogens (primary N) is 1. The zero-order chi connectivity index (χ0) is 12.3. The fourth-order valence-electron chi connectivity index (χ4n) is 1.30. The third-order valence-electron chi connectivity index (χ3n) is 2.20. The number of hydrogen-bond donors (Lipinski definition) is 2. The molecule has 0 spiro atoms. The first kappa shape index (κ1) is 11.5. The van der Waals surface area contributed by atoms with Crippen LogP contribution in [-0.2, 0) is 6.54 Å². The Morgan fingerprint density at radius 3 is 2.65 bits per heavy atom. The number of rotatable bonds is 3. The molecule has 1 aromatic heterocycles. The molecule has 2 aromatic rings. The number of benzene rings is 1. The summed E-state index contributed by atoms with van der Waals surface area (Å²) >= 11 is 1.27. The molecule has 0 fully saturated rings. The molecule has 5 nitrogen and oxygen atoms in total. The van der Waals surface area contributed by atoms with Crippen LogP contribution in [0.2, 0.25) is 0 Å². The lowest BCUT2D eigenvalue weighted by molar-refractivity contribution is 0.0951. The molecule has 0 saturated heterocycles. The lowest BCUT2D eigenvalue weighted by Gasteiger charge is -2.02. The smallest absolute Gasteiger partial charge is 0.251 e. The molecule has 1 heterocycles. The molecule has 0 saturated carbocycles. The Hall–Kier alpha value is -1.95. The molecule has 2 rings (SSSR count). The highest BCUT2D eigenvalue weighted by Gasteiger charge is 2.06. The lowest BCUT2D eigenvalue weighted by atomic mass is 10.1. The normalized spacial score (nSPS) is 10.2. The minimum atomic E-state index is -0.126. The second-order valence-corrected chi connectivity index (χ2v) is 4.68. The van der Waals surface area contributed by atoms with Gasteiger partial charge in [0.25, 0.3) is 5.91 Å².